The van der Waals surface area contributed by atoms with Crippen molar-refractivity contribution in [3.8, 4) is 0 Å². The SMILES string of the molecule is CC.CCCC(CCC)c1ccccc1C. The van der Waals surface area contributed by atoms with E-state index in [1.54, 1.807) is 5.56 Å². The first-order valence-electron chi connectivity index (χ1n) is 6.85. The van der Waals surface area contributed by atoms with Gasteiger partial charge < -0.3 is 0 Å². The Kier molecular flexibility index (Phi) is 8.99. The van der Waals surface area contributed by atoms with E-state index in [0.717, 1.165) is 5.92 Å². The van der Waals surface area contributed by atoms with Crippen LogP contribution in [0.1, 0.15) is 70.4 Å². The molecule has 92 valence electrons. The van der Waals surface area contributed by atoms with Crippen LogP contribution >= 0.6 is 0 Å². The largest absolute Gasteiger partial charge is 0.0683 e. The topological polar surface area (TPSA) is 0 Å². The van der Waals surface area contributed by atoms with Crippen molar-refractivity contribution >= 4 is 0 Å². The lowest BCUT2D eigenvalue weighted by Gasteiger charge is -2.17. The van der Waals surface area contributed by atoms with E-state index in [2.05, 4.69) is 45.0 Å². The standard InChI is InChI=1S/C14H22.C2H6/c1-4-8-13(9-5-2)14-11-7-6-10-12(14)3;1-2/h6-7,10-11,13H,4-5,8-9H2,1-3H3;1-2H3. The molecule has 0 aliphatic heterocycles. The van der Waals surface area contributed by atoms with E-state index >= 15 is 0 Å². The molecule has 1 rings (SSSR count). The smallest absolute Gasteiger partial charge is 0.0160 e. The molecule has 0 saturated heterocycles. The van der Waals surface area contributed by atoms with E-state index in [1.807, 2.05) is 13.8 Å². The van der Waals surface area contributed by atoms with Crippen LogP contribution in [0.3, 0.4) is 0 Å². The Hall–Kier alpha value is -0.780. The van der Waals surface area contributed by atoms with Gasteiger partial charge in [0.05, 0.1) is 0 Å². The lowest BCUT2D eigenvalue weighted by molar-refractivity contribution is 0.558. The van der Waals surface area contributed by atoms with Crippen molar-refractivity contribution in [1.29, 1.82) is 0 Å². The first-order chi connectivity index (χ1) is 7.79. The number of rotatable bonds is 5. The molecule has 0 unspecified atom stereocenters. The molecule has 0 heteroatoms. The highest BCUT2D eigenvalue weighted by atomic mass is 14.2. The Morgan fingerprint density at radius 2 is 1.44 bits per heavy atom. The van der Waals surface area contributed by atoms with Crippen LogP contribution in [0.15, 0.2) is 24.3 Å². The first kappa shape index (κ1) is 15.2. The van der Waals surface area contributed by atoms with Crippen molar-refractivity contribution in [2.24, 2.45) is 0 Å². The van der Waals surface area contributed by atoms with Crippen LogP contribution in [0.4, 0.5) is 0 Å². The maximum Gasteiger partial charge on any atom is -0.0160 e. The summed E-state index contributed by atoms with van der Waals surface area (Å²) < 4.78 is 0. The second kappa shape index (κ2) is 9.45. The van der Waals surface area contributed by atoms with Crippen molar-refractivity contribution in [1.82, 2.24) is 0 Å². The molecule has 1 aromatic carbocycles. The second-order valence-electron chi connectivity index (χ2n) is 4.13. The second-order valence-corrected chi connectivity index (χ2v) is 4.13. The summed E-state index contributed by atoms with van der Waals surface area (Å²) in [6.45, 7) is 10.8. The van der Waals surface area contributed by atoms with Gasteiger partial charge in [-0.25, -0.2) is 0 Å². The molecule has 0 nitrogen and oxygen atoms in total. The van der Waals surface area contributed by atoms with Gasteiger partial charge in [-0.2, -0.15) is 0 Å². The summed E-state index contributed by atoms with van der Waals surface area (Å²) in [7, 11) is 0. The summed E-state index contributed by atoms with van der Waals surface area (Å²) in [5, 5.41) is 0. The van der Waals surface area contributed by atoms with Gasteiger partial charge in [-0.05, 0) is 36.8 Å². The zero-order valence-electron chi connectivity index (χ0n) is 11.7. The van der Waals surface area contributed by atoms with Crippen LogP contribution in [0.2, 0.25) is 0 Å². The van der Waals surface area contributed by atoms with Crippen molar-refractivity contribution < 1.29 is 0 Å². The summed E-state index contributed by atoms with van der Waals surface area (Å²) in [6, 6.07) is 8.83. The van der Waals surface area contributed by atoms with Crippen molar-refractivity contribution in [3.63, 3.8) is 0 Å². The molecule has 0 aliphatic rings. The molecule has 0 heterocycles. The first-order valence-corrected chi connectivity index (χ1v) is 6.85. The average Bonchev–Trinajstić information content (AvgIpc) is 2.32. The third-order valence-corrected chi connectivity index (χ3v) is 2.90. The van der Waals surface area contributed by atoms with Crippen molar-refractivity contribution in [3.05, 3.63) is 35.4 Å². The third kappa shape index (κ3) is 4.83. The minimum atomic E-state index is 0.784. The molecule has 0 aromatic heterocycles. The molecule has 0 fully saturated rings. The van der Waals surface area contributed by atoms with Crippen LogP contribution in [0.25, 0.3) is 0 Å². The van der Waals surface area contributed by atoms with Crippen molar-refractivity contribution in [2.75, 3.05) is 0 Å². The Morgan fingerprint density at radius 3 is 1.88 bits per heavy atom. The van der Waals surface area contributed by atoms with E-state index in [-0.39, 0.29) is 0 Å². The highest BCUT2D eigenvalue weighted by molar-refractivity contribution is 5.29. The maximum absolute atomic E-state index is 2.30. The van der Waals surface area contributed by atoms with Crippen LogP contribution < -0.4 is 0 Å². The molecule has 0 spiro atoms. The Bertz CT molecular complexity index is 256. The normalized spacial score (nSPS) is 9.88. The summed E-state index contributed by atoms with van der Waals surface area (Å²) in [4.78, 5) is 0. The van der Waals surface area contributed by atoms with E-state index in [1.165, 1.54) is 31.2 Å². The van der Waals surface area contributed by atoms with Crippen molar-refractivity contribution in [2.45, 2.75) is 66.2 Å². The molecule has 0 N–H and O–H groups in total. The van der Waals surface area contributed by atoms with Gasteiger partial charge in [0.15, 0.2) is 0 Å². The van der Waals surface area contributed by atoms with Gasteiger partial charge in [0, 0.05) is 0 Å². The predicted octanol–water partition coefficient (Wildman–Crippen LogP) is 5.71. The molecule has 1 aromatic rings. The fourth-order valence-corrected chi connectivity index (χ4v) is 2.20. The molecule has 0 saturated carbocycles. The average molecular weight is 220 g/mol. The molecule has 0 amide bonds. The number of hydrogen-bond acceptors (Lipinski definition) is 0. The third-order valence-electron chi connectivity index (χ3n) is 2.90. The van der Waals surface area contributed by atoms with Gasteiger partial charge in [0.2, 0.25) is 0 Å². The lowest BCUT2D eigenvalue weighted by atomic mass is 9.88. The quantitative estimate of drug-likeness (QED) is 0.596. The zero-order valence-corrected chi connectivity index (χ0v) is 11.7. The van der Waals surface area contributed by atoms with E-state index in [0.29, 0.717) is 0 Å². The van der Waals surface area contributed by atoms with Gasteiger partial charge in [-0.3, -0.25) is 0 Å². The maximum atomic E-state index is 2.30. The Morgan fingerprint density at radius 1 is 0.938 bits per heavy atom. The van der Waals surface area contributed by atoms with Crippen LogP contribution in [0, 0.1) is 6.92 Å². The fraction of sp³-hybridized carbons (Fsp3) is 0.625. The van der Waals surface area contributed by atoms with Gasteiger partial charge in [0.1, 0.15) is 0 Å². The fourth-order valence-electron chi connectivity index (χ4n) is 2.20. The van der Waals surface area contributed by atoms with Crippen LogP contribution in [-0.4, -0.2) is 0 Å². The molecule has 0 atom stereocenters. The molecule has 0 bridgehead atoms. The van der Waals surface area contributed by atoms with Gasteiger partial charge >= 0.3 is 0 Å². The molecular weight excluding hydrogens is 192 g/mol. The molecule has 16 heavy (non-hydrogen) atoms. The minimum absolute atomic E-state index is 0.784. The van der Waals surface area contributed by atoms with E-state index in [9.17, 15) is 0 Å². The Labute approximate surface area is 102 Å². The monoisotopic (exact) mass is 220 g/mol. The Balaban J connectivity index is 0.00000106. The van der Waals surface area contributed by atoms with Gasteiger partial charge in [-0.15, -0.1) is 0 Å². The minimum Gasteiger partial charge on any atom is -0.0683 e. The summed E-state index contributed by atoms with van der Waals surface area (Å²) >= 11 is 0. The van der Waals surface area contributed by atoms with Gasteiger partial charge in [0.25, 0.3) is 0 Å². The molecule has 0 aliphatic carbocycles. The van der Waals surface area contributed by atoms with Gasteiger partial charge in [-0.1, -0.05) is 64.8 Å². The number of hydrogen-bond donors (Lipinski definition) is 0. The summed E-state index contributed by atoms with van der Waals surface area (Å²) in [5.41, 5.74) is 3.02. The van der Waals surface area contributed by atoms with E-state index < -0.39 is 0 Å². The summed E-state index contributed by atoms with van der Waals surface area (Å²) in [5.74, 6) is 0.784. The zero-order chi connectivity index (χ0) is 12.4. The highest BCUT2D eigenvalue weighted by Crippen LogP contribution is 2.28. The molecular formula is C16H28. The lowest BCUT2D eigenvalue weighted by Crippen LogP contribution is -2.00. The van der Waals surface area contributed by atoms with E-state index in [4.69, 9.17) is 0 Å². The number of aryl methyl sites for hydroxylation is 1. The van der Waals surface area contributed by atoms with Crippen LogP contribution in [0.5, 0.6) is 0 Å². The summed E-state index contributed by atoms with van der Waals surface area (Å²) in [6.07, 6.45) is 5.25. The number of benzene rings is 1. The predicted molar refractivity (Wildman–Crippen MR) is 75.1 cm³/mol. The molecule has 0 radical (unpaired) electrons. The van der Waals surface area contributed by atoms with Crippen LogP contribution in [-0.2, 0) is 0 Å². The highest BCUT2D eigenvalue weighted by Gasteiger charge is 2.10.